The van der Waals surface area contributed by atoms with Gasteiger partial charge in [-0.1, -0.05) is 30.3 Å². The Morgan fingerprint density at radius 2 is 1.96 bits per heavy atom. The number of Topliss-reactive ketones (excluding diaryl/α,β-unsaturated/α-hetero) is 1. The van der Waals surface area contributed by atoms with Gasteiger partial charge in [-0.25, -0.2) is 4.98 Å². The molecule has 0 saturated carbocycles. The van der Waals surface area contributed by atoms with Gasteiger partial charge in [0.1, 0.15) is 5.52 Å². The van der Waals surface area contributed by atoms with E-state index in [4.69, 9.17) is 4.42 Å². The molecule has 2 aromatic carbocycles. The molecule has 0 unspecified atom stereocenters. The molecule has 0 N–H and O–H groups in total. The van der Waals surface area contributed by atoms with Crippen molar-refractivity contribution >= 4 is 22.8 Å². The molecule has 5 nitrogen and oxygen atoms in total. The number of nitrogens with zero attached hydrogens (tertiary/aromatic N) is 2. The number of carbonyl (C=O) groups excluding carboxylic acids is 2. The van der Waals surface area contributed by atoms with Crippen LogP contribution in [0.15, 0.2) is 52.9 Å². The smallest absolute Gasteiger partial charge is 0.254 e. The van der Waals surface area contributed by atoms with Crippen molar-refractivity contribution < 1.29 is 14.0 Å². The molecular weight excluding hydrogens is 328 g/mol. The second-order valence-corrected chi connectivity index (χ2v) is 6.70. The van der Waals surface area contributed by atoms with E-state index in [1.165, 1.54) is 0 Å². The van der Waals surface area contributed by atoms with E-state index in [0.717, 1.165) is 18.4 Å². The summed E-state index contributed by atoms with van der Waals surface area (Å²) in [7, 11) is 0. The standard InChI is InChI=1S/C21H20N2O3/c1-14-22-18-10-9-16(12-20(18)26-14)21(25)23-11-5-8-17(23)13-19(24)15-6-3-2-4-7-15/h2-4,6-7,9-10,12,17H,5,8,11,13H2,1H3/t17-/m0/s1. The van der Waals surface area contributed by atoms with Crippen LogP contribution < -0.4 is 0 Å². The molecule has 1 aliphatic rings. The van der Waals surface area contributed by atoms with Crippen molar-refractivity contribution in [3.63, 3.8) is 0 Å². The maximum absolute atomic E-state index is 13.0. The van der Waals surface area contributed by atoms with E-state index < -0.39 is 0 Å². The number of hydrogen-bond acceptors (Lipinski definition) is 4. The van der Waals surface area contributed by atoms with E-state index in [1.807, 2.05) is 35.2 Å². The summed E-state index contributed by atoms with van der Waals surface area (Å²) >= 11 is 0. The molecule has 0 spiro atoms. The second-order valence-electron chi connectivity index (χ2n) is 6.70. The summed E-state index contributed by atoms with van der Waals surface area (Å²) in [5.41, 5.74) is 2.64. The van der Waals surface area contributed by atoms with E-state index in [2.05, 4.69) is 4.98 Å². The Balaban J connectivity index is 1.53. The maximum Gasteiger partial charge on any atom is 0.254 e. The average molecular weight is 348 g/mol. The molecule has 3 aromatic rings. The lowest BCUT2D eigenvalue weighted by molar-refractivity contribution is 0.0717. The lowest BCUT2D eigenvalue weighted by atomic mass is 10.0. The molecule has 0 aliphatic carbocycles. The SMILES string of the molecule is Cc1nc2ccc(C(=O)N3CCC[C@H]3CC(=O)c3ccccc3)cc2o1. The highest BCUT2D eigenvalue weighted by atomic mass is 16.3. The van der Waals surface area contributed by atoms with Crippen molar-refractivity contribution in [1.29, 1.82) is 0 Å². The summed E-state index contributed by atoms with van der Waals surface area (Å²) in [5.74, 6) is 0.609. The number of likely N-dealkylation sites (tertiary alicyclic amines) is 1. The Morgan fingerprint density at radius 1 is 1.15 bits per heavy atom. The number of benzene rings is 2. The van der Waals surface area contributed by atoms with Crippen molar-refractivity contribution in [2.45, 2.75) is 32.2 Å². The quantitative estimate of drug-likeness (QED) is 0.668. The van der Waals surface area contributed by atoms with Crippen LogP contribution >= 0.6 is 0 Å². The second kappa shape index (κ2) is 6.75. The van der Waals surface area contributed by atoms with Crippen LogP contribution in [-0.4, -0.2) is 34.2 Å². The molecule has 2 heterocycles. The number of amides is 1. The van der Waals surface area contributed by atoms with Gasteiger partial charge in [0, 0.05) is 37.1 Å². The number of oxazole rings is 1. The first-order chi connectivity index (χ1) is 12.6. The minimum atomic E-state index is -0.0534. The van der Waals surface area contributed by atoms with E-state index in [9.17, 15) is 9.59 Å². The number of rotatable bonds is 4. The van der Waals surface area contributed by atoms with Gasteiger partial charge in [-0.05, 0) is 31.0 Å². The summed E-state index contributed by atoms with van der Waals surface area (Å²) in [6, 6.07) is 14.5. The third-order valence-corrected chi connectivity index (χ3v) is 4.90. The Bertz CT molecular complexity index is 962. The van der Waals surface area contributed by atoms with Gasteiger partial charge >= 0.3 is 0 Å². The zero-order chi connectivity index (χ0) is 18.1. The van der Waals surface area contributed by atoms with Crippen molar-refractivity contribution in [1.82, 2.24) is 9.88 Å². The van der Waals surface area contributed by atoms with Gasteiger partial charge in [0.2, 0.25) is 0 Å². The van der Waals surface area contributed by atoms with Crippen LogP contribution in [0.1, 0.15) is 45.9 Å². The Labute approximate surface area is 151 Å². The molecule has 1 saturated heterocycles. The zero-order valence-electron chi connectivity index (χ0n) is 14.6. The molecule has 4 rings (SSSR count). The molecular formula is C21H20N2O3. The van der Waals surface area contributed by atoms with Gasteiger partial charge in [-0.15, -0.1) is 0 Å². The first-order valence-electron chi connectivity index (χ1n) is 8.88. The highest BCUT2D eigenvalue weighted by Gasteiger charge is 2.31. The first-order valence-corrected chi connectivity index (χ1v) is 8.88. The summed E-state index contributed by atoms with van der Waals surface area (Å²) in [6.45, 7) is 2.46. The average Bonchev–Trinajstić information content (AvgIpc) is 3.26. The monoisotopic (exact) mass is 348 g/mol. The molecule has 1 amide bonds. The lowest BCUT2D eigenvalue weighted by Gasteiger charge is -2.24. The molecule has 0 radical (unpaired) electrons. The lowest BCUT2D eigenvalue weighted by Crippen LogP contribution is -2.36. The fourth-order valence-electron chi connectivity index (χ4n) is 3.61. The third-order valence-electron chi connectivity index (χ3n) is 4.90. The van der Waals surface area contributed by atoms with Crippen LogP contribution in [-0.2, 0) is 0 Å². The van der Waals surface area contributed by atoms with E-state index in [1.54, 1.807) is 25.1 Å². The summed E-state index contributed by atoms with van der Waals surface area (Å²) in [4.78, 5) is 31.6. The zero-order valence-corrected chi connectivity index (χ0v) is 14.6. The number of aryl methyl sites for hydroxylation is 1. The number of aromatic nitrogens is 1. The van der Waals surface area contributed by atoms with Crippen LogP contribution in [0.4, 0.5) is 0 Å². The molecule has 1 fully saturated rings. The number of ketones is 1. The highest BCUT2D eigenvalue weighted by molar-refractivity contribution is 5.99. The minimum absolute atomic E-state index is 0.0516. The predicted octanol–water partition coefficient (Wildman–Crippen LogP) is 4.01. The van der Waals surface area contributed by atoms with Gasteiger partial charge in [-0.3, -0.25) is 9.59 Å². The van der Waals surface area contributed by atoms with E-state index in [-0.39, 0.29) is 17.7 Å². The van der Waals surface area contributed by atoms with Crippen molar-refractivity contribution in [2.75, 3.05) is 6.54 Å². The van der Waals surface area contributed by atoms with Crippen LogP contribution in [0.5, 0.6) is 0 Å². The van der Waals surface area contributed by atoms with Gasteiger partial charge < -0.3 is 9.32 Å². The topological polar surface area (TPSA) is 63.4 Å². The minimum Gasteiger partial charge on any atom is -0.441 e. The molecule has 5 heteroatoms. The molecule has 26 heavy (non-hydrogen) atoms. The van der Waals surface area contributed by atoms with Crippen LogP contribution in [0.2, 0.25) is 0 Å². The van der Waals surface area contributed by atoms with E-state index in [0.29, 0.717) is 35.6 Å². The normalized spacial score (nSPS) is 17.0. The summed E-state index contributed by atoms with van der Waals surface area (Å²) in [5, 5.41) is 0. The number of hydrogen-bond donors (Lipinski definition) is 0. The fourth-order valence-corrected chi connectivity index (χ4v) is 3.61. The Hall–Kier alpha value is -2.95. The van der Waals surface area contributed by atoms with E-state index >= 15 is 0 Å². The molecule has 1 aliphatic heterocycles. The third kappa shape index (κ3) is 3.12. The van der Waals surface area contributed by atoms with Crippen molar-refractivity contribution in [2.24, 2.45) is 0 Å². The van der Waals surface area contributed by atoms with Gasteiger partial charge in [-0.2, -0.15) is 0 Å². The fraction of sp³-hybridized carbons (Fsp3) is 0.286. The van der Waals surface area contributed by atoms with Crippen molar-refractivity contribution in [3.8, 4) is 0 Å². The van der Waals surface area contributed by atoms with Crippen LogP contribution in [0.25, 0.3) is 11.1 Å². The molecule has 1 aromatic heterocycles. The van der Waals surface area contributed by atoms with Gasteiger partial charge in [0.05, 0.1) is 0 Å². The molecule has 1 atom stereocenters. The Kier molecular flexibility index (Phi) is 4.29. The van der Waals surface area contributed by atoms with Gasteiger partial charge in [0.25, 0.3) is 5.91 Å². The summed E-state index contributed by atoms with van der Waals surface area (Å²) < 4.78 is 5.53. The highest BCUT2D eigenvalue weighted by Crippen LogP contribution is 2.25. The van der Waals surface area contributed by atoms with Gasteiger partial charge in [0.15, 0.2) is 17.3 Å². The van der Waals surface area contributed by atoms with Crippen LogP contribution in [0.3, 0.4) is 0 Å². The number of fused-ring (bicyclic) bond motifs is 1. The number of carbonyl (C=O) groups is 2. The molecule has 0 bridgehead atoms. The largest absolute Gasteiger partial charge is 0.441 e. The first kappa shape index (κ1) is 16.5. The summed E-state index contributed by atoms with van der Waals surface area (Å²) in [6.07, 6.45) is 2.13. The van der Waals surface area contributed by atoms with Crippen LogP contribution in [0, 0.1) is 6.92 Å². The van der Waals surface area contributed by atoms with Crippen molar-refractivity contribution in [3.05, 3.63) is 65.5 Å². The maximum atomic E-state index is 13.0. The molecule has 132 valence electrons. The Morgan fingerprint density at radius 3 is 2.77 bits per heavy atom. The predicted molar refractivity (Wildman–Crippen MR) is 98.2 cm³/mol.